The highest BCUT2D eigenvalue weighted by atomic mass is 15.1. The molecule has 0 heterocycles. The Balaban J connectivity index is 0.000000574. The third-order valence-electron chi connectivity index (χ3n) is 3.32. The molecular formula is C17H21N. The Kier molecular flexibility index (Phi) is 3.83. The van der Waals surface area contributed by atoms with E-state index in [1.807, 2.05) is 13.8 Å². The second-order valence-corrected chi connectivity index (χ2v) is 4.54. The van der Waals surface area contributed by atoms with Gasteiger partial charge in [0.05, 0.1) is 6.04 Å². The molecule has 1 heteroatoms. The monoisotopic (exact) mass is 239 g/mol. The summed E-state index contributed by atoms with van der Waals surface area (Å²) in [5.74, 6) is 0. The summed E-state index contributed by atoms with van der Waals surface area (Å²) in [6.45, 7) is 4.00. The summed E-state index contributed by atoms with van der Waals surface area (Å²) in [7, 11) is 4.28. The van der Waals surface area contributed by atoms with E-state index in [1.54, 1.807) is 0 Å². The Morgan fingerprint density at radius 2 is 1.11 bits per heavy atom. The van der Waals surface area contributed by atoms with Crippen LogP contribution in [0.25, 0.3) is 11.1 Å². The van der Waals surface area contributed by atoms with Crippen molar-refractivity contribution < 1.29 is 0 Å². The van der Waals surface area contributed by atoms with E-state index in [2.05, 4.69) is 67.5 Å². The Morgan fingerprint density at radius 1 is 0.722 bits per heavy atom. The minimum atomic E-state index is 0.410. The molecule has 18 heavy (non-hydrogen) atoms. The summed E-state index contributed by atoms with van der Waals surface area (Å²) in [5, 5.41) is 0. The summed E-state index contributed by atoms with van der Waals surface area (Å²) < 4.78 is 0. The van der Waals surface area contributed by atoms with Crippen LogP contribution in [0, 0.1) is 0 Å². The molecule has 0 radical (unpaired) electrons. The molecule has 0 unspecified atom stereocenters. The van der Waals surface area contributed by atoms with Crippen molar-refractivity contribution in [3.05, 3.63) is 59.7 Å². The van der Waals surface area contributed by atoms with Gasteiger partial charge in [-0.3, -0.25) is 4.90 Å². The molecule has 0 fully saturated rings. The van der Waals surface area contributed by atoms with Crippen LogP contribution in [0.2, 0.25) is 0 Å². The SMILES string of the molecule is CC.CN(C)C1c2ccccc2-c2ccccc21. The molecule has 3 rings (SSSR count). The lowest BCUT2D eigenvalue weighted by Crippen LogP contribution is -2.18. The highest BCUT2D eigenvalue weighted by molar-refractivity contribution is 5.78. The first-order valence-corrected chi connectivity index (χ1v) is 6.63. The number of rotatable bonds is 1. The van der Waals surface area contributed by atoms with Crippen LogP contribution in [0.3, 0.4) is 0 Å². The number of fused-ring (bicyclic) bond motifs is 3. The van der Waals surface area contributed by atoms with Crippen LogP contribution in [0.5, 0.6) is 0 Å². The molecule has 0 bridgehead atoms. The molecule has 0 aliphatic heterocycles. The predicted octanol–water partition coefficient (Wildman–Crippen LogP) is 4.34. The van der Waals surface area contributed by atoms with Crippen molar-refractivity contribution in [1.29, 1.82) is 0 Å². The fourth-order valence-corrected chi connectivity index (χ4v) is 2.69. The third-order valence-corrected chi connectivity index (χ3v) is 3.32. The van der Waals surface area contributed by atoms with E-state index >= 15 is 0 Å². The summed E-state index contributed by atoms with van der Waals surface area (Å²) in [4.78, 5) is 2.28. The van der Waals surface area contributed by atoms with Crippen molar-refractivity contribution in [2.24, 2.45) is 0 Å². The molecule has 0 saturated carbocycles. The Morgan fingerprint density at radius 3 is 1.50 bits per heavy atom. The lowest BCUT2D eigenvalue weighted by atomic mass is 10.0. The number of benzene rings is 2. The molecule has 1 aliphatic carbocycles. The lowest BCUT2D eigenvalue weighted by molar-refractivity contribution is 0.348. The van der Waals surface area contributed by atoms with Gasteiger partial charge in [0.25, 0.3) is 0 Å². The first-order valence-electron chi connectivity index (χ1n) is 6.63. The molecular weight excluding hydrogens is 218 g/mol. The highest BCUT2D eigenvalue weighted by Crippen LogP contribution is 2.44. The summed E-state index contributed by atoms with van der Waals surface area (Å²) in [6.07, 6.45) is 0. The predicted molar refractivity (Wildman–Crippen MR) is 78.8 cm³/mol. The fourth-order valence-electron chi connectivity index (χ4n) is 2.69. The highest BCUT2D eigenvalue weighted by Gasteiger charge is 2.28. The van der Waals surface area contributed by atoms with Crippen LogP contribution in [0.1, 0.15) is 31.0 Å². The summed E-state index contributed by atoms with van der Waals surface area (Å²) in [5.41, 5.74) is 5.62. The Hall–Kier alpha value is -1.60. The molecule has 0 amide bonds. The Bertz CT molecular complexity index is 483. The lowest BCUT2D eigenvalue weighted by Gasteiger charge is -2.21. The van der Waals surface area contributed by atoms with Gasteiger partial charge in [-0.15, -0.1) is 0 Å². The topological polar surface area (TPSA) is 3.24 Å². The average Bonchev–Trinajstić information content (AvgIpc) is 2.75. The van der Waals surface area contributed by atoms with Crippen molar-refractivity contribution >= 4 is 0 Å². The molecule has 0 atom stereocenters. The average molecular weight is 239 g/mol. The second-order valence-electron chi connectivity index (χ2n) is 4.54. The van der Waals surface area contributed by atoms with Crippen molar-refractivity contribution in [3.8, 4) is 11.1 Å². The van der Waals surface area contributed by atoms with Gasteiger partial charge in [0.2, 0.25) is 0 Å². The van der Waals surface area contributed by atoms with Crippen molar-refractivity contribution in [2.45, 2.75) is 19.9 Å². The van der Waals surface area contributed by atoms with Gasteiger partial charge in [-0.05, 0) is 36.3 Å². The number of hydrogen-bond donors (Lipinski definition) is 0. The normalized spacial score (nSPS) is 12.7. The maximum Gasteiger partial charge on any atom is 0.0609 e. The van der Waals surface area contributed by atoms with Crippen molar-refractivity contribution in [2.75, 3.05) is 14.1 Å². The maximum absolute atomic E-state index is 2.28. The van der Waals surface area contributed by atoms with Gasteiger partial charge in [-0.2, -0.15) is 0 Å². The maximum atomic E-state index is 2.28. The van der Waals surface area contributed by atoms with Crippen LogP contribution in [-0.2, 0) is 0 Å². The zero-order chi connectivity index (χ0) is 13.1. The smallest absolute Gasteiger partial charge is 0.0609 e. The van der Waals surface area contributed by atoms with Gasteiger partial charge in [0, 0.05) is 0 Å². The van der Waals surface area contributed by atoms with Crippen LogP contribution in [-0.4, -0.2) is 19.0 Å². The Labute approximate surface area is 110 Å². The molecule has 0 aromatic heterocycles. The molecule has 0 spiro atoms. The molecule has 2 aromatic rings. The molecule has 0 N–H and O–H groups in total. The van der Waals surface area contributed by atoms with Gasteiger partial charge in [0.15, 0.2) is 0 Å². The van der Waals surface area contributed by atoms with E-state index < -0.39 is 0 Å². The quantitative estimate of drug-likeness (QED) is 0.715. The van der Waals surface area contributed by atoms with Crippen LogP contribution in [0.4, 0.5) is 0 Å². The van der Waals surface area contributed by atoms with Gasteiger partial charge in [-0.25, -0.2) is 0 Å². The van der Waals surface area contributed by atoms with Crippen LogP contribution < -0.4 is 0 Å². The minimum Gasteiger partial charge on any atom is -0.299 e. The van der Waals surface area contributed by atoms with Crippen molar-refractivity contribution in [3.63, 3.8) is 0 Å². The summed E-state index contributed by atoms with van der Waals surface area (Å²) >= 11 is 0. The van der Waals surface area contributed by atoms with E-state index in [1.165, 1.54) is 22.3 Å². The standard InChI is InChI=1S/C15H15N.C2H6/c1-16(2)15-13-9-5-3-7-11(13)12-8-4-6-10-14(12)15;1-2/h3-10,15H,1-2H3;1-2H3. The largest absolute Gasteiger partial charge is 0.299 e. The molecule has 2 aromatic carbocycles. The van der Waals surface area contributed by atoms with E-state index in [9.17, 15) is 0 Å². The molecule has 94 valence electrons. The summed E-state index contributed by atoms with van der Waals surface area (Å²) in [6, 6.07) is 17.8. The molecule has 1 nitrogen and oxygen atoms in total. The van der Waals surface area contributed by atoms with Gasteiger partial charge in [-0.1, -0.05) is 62.4 Å². The van der Waals surface area contributed by atoms with Gasteiger partial charge in [0.1, 0.15) is 0 Å². The number of hydrogen-bond acceptors (Lipinski definition) is 1. The van der Waals surface area contributed by atoms with E-state index in [0.717, 1.165) is 0 Å². The van der Waals surface area contributed by atoms with Crippen molar-refractivity contribution in [1.82, 2.24) is 4.90 Å². The zero-order valence-electron chi connectivity index (χ0n) is 11.6. The van der Waals surface area contributed by atoms with E-state index in [0.29, 0.717) is 6.04 Å². The molecule has 0 saturated heterocycles. The van der Waals surface area contributed by atoms with Crippen LogP contribution in [0.15, 0.2) is 48.5 Å². The zero-order valence-corrected chi connectivity index (χ0v) is 11.6. The van der Waals surface area contributed by atoms with E-state index in [-0.39, 0.29) is 0 Å². The van der Waals surface area contributed by atoms with E-state index in [4.69, 9.17) is 0 Å². The van der Waals surface area contributed by atoms with Gasteiger partial charge >= 0.3 is 0 Å². The second kappa shape index (κ2) is 5.36. The first-order chi connectivity index (χ1) is 8.79. The fraction of sp³-hybridized carbons (Fsp3) is 0.294. The number of nitrogens with zero attached hydrogens (tertiary/aromatic N) is 1. The first kappa shape index (κ1) is 12.8. The van der Waals surface area contributed by atoms with Gasteiger partial charge < -0.3 is 0 Å². The van der Waals surface area contributed by atoms with Crippen LogP contribution >= 0.6 is 0 Å². The minimum absolute atomic E-state index is 0.410. The third kappa shape index (κ3) is 1.95. The molecule has 1 aliphatic rings.